The number of nitrogens with zero attached hydrogens (tertiary/aromatic N) is 3. The van der Waals surface area contributed by atoms with Crippen LogP contribution >= 0.6 is 0 Å². The second-order valence-electron chi connectivity index (χ2n) is 8.27. The lowest BCUT2D eigenvalue weighted by molar-refractivity contribution is -0.137. The van der Waals surface area contributed by atoms with E-state index in [9.17, 15) is 9.59 Å². The molecule has 1 aromatic rings. The van der Waals surface area contributed by atoms with Gasteiger partial charge in [0.15, 0.2) is 0 Å². The number of piperazine rings is 1. The Bertz CT molecular complexity index is 791. The monoisotopic (exact) mass is 397 g/mol. The topological polar surface area (TPSA) is 43.9 Å². The molecule has 2 amide bonds. The highest BCUT2D eigenvalue weighted by molar-refractivity contribution is 6.35. The highest BCUT2D eigenvalue weighted by Crippen LogP contribution is 2.33. The van der Waals surface area contributed by atoms with E-state index in [0.29, 0.717) is 17.8 Å². The van der Waals surface area contributed by atoms with Crippen molar-refractivity contribution >= 4 is 17.4 Å². The molecule has 1 aromatic carbocycles. The zero-order valence-electron chi connectivity index (χ0n) is 18.5. The van der Waals surface area contributed by atoms with Gasteiger partial charge in [0.05, 0.1) is 5.57 Å². The van der Waals surface area contributed by atoms with Crippen molar-refractivity contribution in [1.82, 2.24) is 14.7 Å². The van der Waals surface area contributed by atoms with Gasteiger partial charge in [-0.1, -0.05) is 51.3 Å². The van der Waals surface area contributed by atoms with Crippen molar-refractivity contribution in [2.24, 2.45) is 0 Å². The minimum atomic E-state index is -0.123. The smallest absolute Gasteiger partial charge is 0.277 e. The molecule has 2 aliphatic rings. The molecule has 158 valence electrons. The maximum Gasteiger partial charge on any atom is 0.277 e. The van der Waals surface area contributed by atoms with Crippen LogP contribution in [0.3, 0.4) is 0 Å². The van der Waals surface area contributed by atoms with E-state index in [1.165, 1.54) is 10.5 Å². The lowest BCUT2D eigenvalue weighted by atomic mass is 9.99. The number of carbonyl (C=O) groups excluding carboxylic acids is 2. The summed E-state index contributed by atoms with van der Waals surface area (Å²) in [4.78, 5) is 32.7. The van der Waals surface area contributed by atoms with E-state index in [-0.39, 0.29) is 11.8 Å². The van der Waals surface area contributed by atoms with E-state index in [0.717, 1.165) is 69.5 Å². The molecule has 29 heavy (non-hydrogen) atoms. The summed E-state index contributed by atoms with van der Waals surface area (Å²) in [6.07, 6.45) is 4.21. The number of imide groups is 1. The van der Waals surface area contributed by atoms with Crippen molar-refractivity contribution in [3.05, 3.63) is 40.6 Å². The van der Waals surface area contributed by atoms with Crippen LogP contribution in [0.25, 0.3) is 5.57 Å². The molecule has 1 fully saturated rings. The maximum atomic E-state index is 13.4. The van der Waals surface area contributed by atoms with Gasteiger partial charge >= 0.3 is 0 Å². The van der Waals surface area contributed by atoms with Gasteiger partial charge in [0.1, 0.15) is 5.70 Å². The minimum Gasteiger partial charge on any atom is -0.364 e. The molecule has 5 nitrogen and oxygen atoms in total. The molecular formula is C24H35N3O2. The number of unbranched alkanes of at least 4 members (excludes halogenated alkanes) is 3. The van der Waals surface area contributed by atoms with Crippen LogP contribution in [0, 0.1) is 13.8 Å². The van der Waals surface area contributed by atoms with E-state index in [1.807, 2.05) is 12.1 Å². The fourth-order valence-electron chi connectivity index (χ4n) is 4.20. The predicted molar refractivity (Wildman–Crippen MR) is 117 cm³/mol. The Hall–Kier alpha value is -2.14. The Morgan fingerprint density at radius 2 is 1.59 bits per heavy atom. The second kappa shape index (κ2) is 9.57. The Labute approximate surface area is 175 Å². The molecule has 2 aliphatic heterocycles. The molecule has 0 saturated carbocycles. The first-order valence-corrected chi connectivity index (χ1v) is 11.1. The number of hydrogen-bond donors (Lipinski definition) is 0. The zero-order valence-corrected chi connectivity index (χ0v) is 18.5. The van der Waals surface area contributed by atoms with Crippen molar-refractivity contribution in [1.29, 1.82) is 0 Å². The van der Waals surface area contributed by atoms with Gasteiger partial charge in [0, 0.05) is 32.7 Å². The van der Waals surface area contributed by atoms with Crippen LogP contribution in [0.5, 0.6) is 0 Å². The van der Waals surface area contributed by atoms with Gasteiger partial charge in [-0.25, -0.2) is 0 Å². The number of rotatable bonds is 8. The molecule has 0 radical (unpaired) electrons. The number of aryl methyl sites for hydroxylation is 2. The van der Waals surface area contributed by atoms with Gasteiger partial charge in [0.2, 0.25) is 0 Å². The maximum absolute atomic E-state index is 13.4. The van der Waals surface area contributed by atoms with Gasteiger partial charge in [-0.2, -0.15) is 0 Å². The highest BCUT2D eigenvalue weighted by atomic mass is 16.2. The molecule has 0 aliphatic carbocycles. The average Bonchev–Trinajstić information content (AvgIpc) is 2.97. The third-order valence-corrected chi connectivity index (χ3v) is 6.31. The summed E-state index contributed by atoms with van der Waals surface area (Å²) in [5.74, 6) is -0.229. The summed E-state index contributed by atoms with van der Waals surface area (Å²) in [6.45, 7) is 13.4. The third-order valence-electron chi connectivity index (χ3n) is 6.31. The molecule has 1 saturated heterocycles. The van der Waals surface area contributed by atoms with Crippen LogP contribution in [0.15, 0.2) is 23.9 Å². The van der Waals surface area contributed by atoms with Crippen molar-refractivity contribution in [2.75, 3.05) is 39.3 Å². The average molecular weight is 398 g/mol. The second-order valence-corrected chi connectivity index (χ2v) is 8.27. The predicted octanol–water partition coefficient (Wildman–Crippen LogP) is 3.60. The largest absolute Gasteiger partial charge is 0.364 e. The van der Waals surface area contributed by atoms with Crippen LogP contribution in [0.1, 0.15) is 56.2 Å². The normalized spacial score (nSPS) is 18.3. The lowest BCUT2D eigenvalue weighted by Crippen LogP contribution is -2.47. The number of hydrogen-bond acceptors (Lipinski definition) is 4. The van der Waals surface area contributed by atoms with Gasteiger partial charge < -0.3 is 9.80 Å². The van der Waals surface area contributed by atoms with Gasteiger partial charge in [-0.15, -0.1) is 0 Å². The zero-order chi connectivity index (χ0) is 21.0. The van der Waals surface area contributed by atoms with Crippen molar-refractivity contribution in [2.45, 2.75) is 53.4 Å². The highest BCUT2D eigenvalue weighted by Gasteiger charge is 2.41. The fraction of sp³-hybridized carbons (Fsp3) is 0.583. The van der Waals surface area contributed by atoms with E-state index in [1.54, 1.807) is 0 Å². The molecule has 0 N–H and O–H groups in total. The summed E-state index contributed by atoms with van der Waals surface area (Å²) in [7, 11) is 0. The van der Waals surface area contributed by atoms with Crippen molar-refractivity contribution < 1.29 is 9.59 Å². The first-order chi connectivity index (χ1) is 14.0. The van der Waals surface area contributed by atoms with Crippen LogP contribution in [0.2, 0.25) is 0 Å². The molecule has 0 aromatic heterocycles. The minimum absolute atomic E-state index is 0.107. The molecule has 0 spiro atoms. The Balaban J connectivity index is 1.92. The molecule has 0 bridgehead atoms. The summed E-state index contributed by atoms with van der Waals surface area (Å²) in [6, 6.07) is 6.09. The SMILES string of the molecule is CCCCCCN1C(=O)C(c2ccc(C)c(C)c2)=C(N2CCN(CC)CC2)C1=O. The van der Waals surface area contributed by atoms with Crippen LogP contribution in [0.4, 0.5) is 0 Å². The van der Waals surface area contributed by atoms with Crippen LogP contribution in [-0.2, 0) is 9.59 Å². The lowest BCUT2D eigenvalue weighted by Gasteiger charge is -2.36. The molecule has 5 heteroatoms. The summed E-state index contributed by atoms with van der Waals surface area (Å²) < 4.78 is 0. The van der Waals surface area contributed by atoms with Gasteiger partial charge in [-0.3, -0.25) is 14.5 Å². The Morgan fingerprint density at radius 3 is 2.21 bits per heavy atom. The van der Waals surface area contributed by atoms with Gasteiger partial charge in [-0.05, 0) is 43.5 Å². The molecule has 2 heterocycles. The molecule has 0 unspecified atom stereocenters. The standard InChI is InChI=1S/C24H35N3O2/c1-5-7-8-9-12-27-23(28)21(20-11-10-18(3)19(4)17-20)22(24(27)29)26-15-13-25(6-2)14-16-26/h10-11,17H,5-9,12-16H2,1-4H3. The Morgan fingerprint density at radius 1 is 0.862 bits per heavy atom. The fourth-order valence-corrected chi connectivity index (χ4v) is 4.20. The molecule has 3 rings (SSSR count). The summed E-state index contributed by atoms with van der Waals surface area (Å²) in [5.41, 5.74) is 4.42. The van der Waals surface area contributed by atoms with E-state index in [4.69, 9.17) is 0 Å². The number of likely N-dealkylation sites (N-methyl/N-ethyl adjacent to an activating group) is 1. The van der Waals surface area contributed by atoms with Crippen LogP contribution in [-0.4, -0.2) is 65.8 Å². The molecule has 0 atom stereocenters. The summed E-state index contributed by atoms with van der Waals surface area (Å²) in [5, 5.41) is 0. The first kappa shape index (κ1) is 21.6. The van der Waals surface area contributed by atoms with Crippen molar-refractivity contribution in [3.8, 4) is 0 Å². The Kier molecular flexibility index (Phi) is 7.12. The summed E-state index contributed by atoms with van der Waals surface area (Å²) >= 11 is 0. The number of carbonyl (C=O) groups is 2. The quantitative estimate of drug-likeness (QED) is 0.497. The van der Waals surface area contributed by atoms with Crippen molar-refractivity contribution in [3.63, 3.8) is 0 Å². The number of amides is 2. The first-order valence-electron chi connectivity index (χ1n) is 11.1. The number of benzene rings is 1. The molecular weight excluding hydrogens is 362 g/mol. The van der Waals surface area contributed by atoms with Crippen LogP contribution < -0.4 is 0 Å². The van der Waals surface area contributed by atoms with Gasteiger partial charge in [0.25, 0.3) is 11.8 Å². The van der Waals surface area contributed by atoms with E-state index >= 15 is 0 Å². The third kappa shape index (κ3) is 4.55. The van der Waals surface area contributed by atoms with E-state index < -0.39 is 0 Å². The van der Waals surface area contributed by atoms with E-state index in [2.05, 4.69) is 43.6 Å².